The third-order valence-electron chi connectivity index (χ3n) is 3.43. The van der Waals surface area contributed by atoms with Crippen molar-refractivity contribution < 1.29 is 0 Å². The molecule has 2 aliphatic carbocycles. The molecule has 78 valence electrons. The van der Waals surface area contributed by atoms with E-state index >= 15 is 0 Å². The molecule has 0 heteroatoms. The molecule has 0 aromatic rings. The van der Waals surface area contributed by atoms with E-state index in [4.69, 9.17) is 0 Å². The van der Waals surface area contributed by atoms with E-state index in [1.165, 1.54) is 50.4 Å². The first-order chi connectivity index (χ1) is 6.38. The van der Waals surface area contributed by atoms with E-state index in [-0.39, 0.29) is 0 Å². The Labute approximate surface area is 84.1 Å². The fourth-order valence-electron chi connectivity index (χ4n) is 2.34. The number of fused-ring (bicyclic) bond motifs is 1. The van der Waals surface area contributed by atoms with Crippen molar-refractivity contribution in [2.75, 3.05) is 0 Å². The summed E-state index contributed by atoms with van der Waals surface area (Å²) in [6, 6.07) is 0. The van der Waals surface area contributed by atoms with E-state index in [9.17, 15) is 0 Å². The van der Waals surface area contributed by atoms with Crippen molar-refractivity contribution in [2.24, 2.45) is 11.8 Å². The molecule has 0 N–H and O–H groups in total. The highest BCUT2D eigenvalue weighted by Gasteiger charge is 2.40. The number of rotatable bonds is 4. The maximum atomic E-state index is 2.25. The van der Waals surface area contributed by atoms with Crippen molar-refractivity contribution in [3.8, 4) is 0 Å². The van der Waals surface area contributed by atoms with Crippen molar-refractivity contribution >= 4 is 0 Å². The molecule has 0 saturated heterocycles. The van der Waals surface area contributed by atoms with E-state index in [2.05, 4.69) is 13.8 Å². The highest BCUT2D eigenvalue weighted by molar-refractivity contribution is 4.91. The average Bonchev–Trinajstić information content (AvgIpc) is 2.76. The SMILES string of the molecule is C1CC2CC2C1.CCCCCCC. The molecular formula is C13H26. The first-order valence-corrected chi connectivity index (χ1v) is 6.38. The summed E-state index contributed by atoms with van der Waals surface area (Å²) in [6.07, 6.45) is 13.2. The molecule has 0 aromatic carbocycles. The summed E-state index contributed by atoms with van der Waals surface area (Å²) < 4.78 is 0. The van der Waals surface area contributed by atoms with Gasteiger partial charge in [0.25, 0.3) is 0 Å². The highest BCUT2D eigenvalue weighted by atomic mass is 14.5. The Morgan fingerprint density at radius 1 is 0.846 bits per heavy atom. The molecule has 0 amide bonds. The van der Waals surface area contributed by atoms with E-state index in [1.54, 1.807) is 19.3 Å². The largest absolute Gasteiger partial charge is 0.0654 e. The van der Waals surface area contributed by atoms with Crippen LogP contribution in [-0.2, 0) is 0 Å². The zero-order chi connectivity index (χ0) is 9.52. The Morgan fingerprint density at radius 3 is 1.62 bits per heavy atom. The first-order valence-electron chi connectivity index (χ1n) is 6.38. The Balaban J connectivity index is 0.000000130. The van der Waals surface area contributed by atoms with Crippen LogP contribution >= 0.6 is 0 Å². The predicted molar refractivity (Wildman–Crippen MR) is 59.9 cm³/mol. The summed E-state index contributed by atoms with van der Waals surface area (Å²) in [6.45, 7) is 4.49. The van der Waals surface area contributed by atoms with E-state index < -0.39 is 0 Å². The van der Waals surface area contributed by atoms with Crippen molar-refractivity contribution in [3.63, 3.8) is 0 Å². The average molecular weight is 182 g/mol. The van der Waals surface area contributed by atoms with Gasteiger partial charge in [-0.2, -0.15) is 0 Å². The molecule has 0 nitrogen and oxygen atoms in total. The second-order valence-electron chi connectivity index (χ2n) is 4.75. The molecule has 2 atom stereocenters. The van der Waals surface area contributed by atoms with Crippen LogP contribution in [0.2, 0.25) is 0 Å². The van der Waals surface area contributed by atoms with Gasteiger partial charge in [-0.05, 0) is 18.3 Å². The number of unbranched alkanes of at least 4 members (excludes halogenated alkanes) is 4. The van der Waals surface area contributed by atoms with Crippen molar-refractivity contribution in [2.45, 2.75) is 71.6 Å². The van der Waals surface area contributed by atoms with Gasteiger partial charge in [-0.15, -0.1) is 0 Å². The van der Waals surface area contributed by atoms with Crippen LogP contribution in [0.1, 0.15) is 71.6 Å². The third-order valence-corrected chi connectivity index (χ3v) is 3.43. The molecule has 2 aliphatic rings. The van der Waals surface area contributed by atoms with Crippen molar-refractivity contribution in [1.82, 2.24) is 0 Å². The van der Waals surface area contributed by atoms with Crippen LogP contribution < -0.4 is 0 Å². The normalized spacial score (nSPS) is 29.1. The maximum Gasteiger partial charge on any atom is -0.0383 e. The lowest BCUT2D eigenvalue weighted by molar-refractivity contribution is 0.656. The van der Waals surface area contributed by atoms with E-state index in [0.717, 1.165) is 0 Å². The van der Waals surface area contributed by atoms with Crippen LogP contribution in [0.5, 0.6) is 0 Å². The van der Waals surface area contributed by atoms with E-state index in [0.29, 0.717) is 0 Å². The molecule has 0 radical (unpaired) electrons. The lowest BCUT2D eigenvalue weighted by Crippen LogP contribution is -1.70. The molecule has 2 saturated carbocycles. The van der Waals surface area contributed by atoms with Crippen LogP contribution in [0, 0.1) is 11.8 Å². The Bertz CT molecular complexity index is 105. The third kappa shape index (κ3) is 4.69. The first kappa shape index (κ1) is 11.1. The Hall–Kier alpha value is 0. The molecular weight excluding hydrogens is 156 g/mol. The molecule has 2 rings (SSSR count). The molecule has 0 bridgehead atoms. The van der Waals surface area contributed by atoms with Gasteiger partial charge in [0.05, 0.1) is 0 Å². The maximum absolute atomic E-state index is 2.25. The number of hydrogen-bond donors (Lipinski definition) is 0. The lowest BCUT2D eigenvalue weighted by atomic mass is 10.2. The summed E-state index contributed by atoms with van der Waals surface area (Å²) in [4.78, 5) is 0. The zero-order valence-corrected chi connectivity index (χ0v) is 9.52. The fourth-order valence-corrected chi connectivity index (χ4v) is 2.34. The summed E-state index contributed by atoms with van der Waals surface area (Å²) >= 11 is 0. The monoisotopic (exact) mass is 182 g/mol. The van der Waals surface area contributed by atoms with Crippen LogP contribution in [0.15, 0.2) is 0 Å². The van der Waals surface area contributed by atoms with Crippen LogP contribution in [-0.4, -0.2) is 0 Å². The molecule has 0 aromatic heterocycles. The smallest absolute Gasteiger partial charge is 0.0383 e. The Kier molecular flexibility index (Phi) is 5.50. The summed E-state index contributed by atoms with van der Waals surface area (Å²) in [5.74, 6) is 2.43. The highest BCUT2D eigenvalue weighted by Crippen LogP contribution is 2.51. The van der Waals surface area contributed by atoms with Gasteiger partial charge in [-0.25, -0.2) is 0 Å². The minimum atomic E-state index is 1.21. The second kappa shape index (κ2) is 6.45. The lowest BCUT2D eigenvalue weighted by Gasteiger charge is -1.90. The fraction of sp³-hybridized carbons (Fsp3) is 1.00. The molecule has 0 spiro atoms. The van der Waals surface area contributed by atoms with Gasteiger partial charge in [-0.3, -0.25) is 0 Å². The molecule has 2 unspecified atom stereocenters. The van der Waals surface area contributed by atoms with Gasteiger partial charge in [-0.1, -0.05) is 65.2 Å². The minimum absolute atomic E-state index is 1.21. The van der Waals surface area contributed by atoms with Gasteiger partial charge in [0.2, 0.25) is 0 Å². The van der Waals surface area contributed by atoms with Crippen LogP contribution in [0.3, 0.4) is 0 Å². The number of hydrogen-bond acceptors (Lipinski definition) is 0. The van der Waals surface area contributed by atoms with Gasteiger partial charge >= 0.3 is 0 Å². The topological polar surface area (TPSA) is 0 Å². The minimum Gasteiger partial charge on any atom is -0.0654 e. The zero-order valence-electron chi connectivity index (χ0n) is 9.52. The summed E-state index contributed by atoms with van der Waals surface area (Å²) in [7, 11) is 0. The van der Waals surface area contributed by atoms with Crippen LogP contribution in [0.25, 0.3) is 0 Å². The van der Waals surface area contributed by atoms with E-state index in [1.807, 2.05) is 0 Å². The Morgan fingerprint density at radius 2 is 1.38 bits per heavy atom. The summed E-state index contributed by atoms with van der Waals surface area (Å²) in [5.41, 5.74) is 0. The van der Waals surface area contributed by atoms with Crippen LogP contribution in [0.4, 0.5) is 0 Å². The summed E-state index contributed by atoms with van der Waals surface area (Å²) in [5, 5.41) is 0. The second-order valence-corrected chi connectivity index (χ2v) is 4.75. The van der Waals surface area contributed by atoms with Gasteiger partial charge in [0.1, 0.15) is 0 Å². The molecule has 0 aliphatic heterocycles. The predicted octanol–water partition coefficient (Wildman–Crippen LogP) is 4.78. The van der Waals surface area contributed by atoms with Crippen molar-refractivity contribution in [3.05, 3.63) is 0 Å². The molecule has 2 fully saturated rings. The molecule has 13 heavy (non-hydrogen) atoms. The molecule has 0 heterocycles. The van der Waals surface area contributed by atoms with Gasteiger partial charge in [0.15, 0.2) is 0 Å². The quantitative estimate of drug-likeness (QED) is 0.549. The standard InChI is InChI=1S/C7H16.C6H10/c1-3-5-7-6-4-2;1-2-5-4-6(5)3-1/h3-7H2,1-2H3;5-6H,1-4H2. The van der Waals surface area contributed by atoms with Gasteiger partial charge < -0.3 is 0 Å². The van der Waals surface area contributed by atoms with Crippen molar-refractivity contribution in [1.29, 1.82) is 0 Å². The van der Waals surface area contributed by atoms with Gasteiger partial charge in [0, 0.05) is 0 Å².